The summed E-state index contributed by atoms with van der Waals surface area (Å²) in [6.07, 6.45) is 2.19. The van der Waals surface area contributed by atoms with E-state index in [1.54, 1.807) is 12.1 Å². The van der Waals surface area contributed by atoms with Gasteiger partial charge in [-0.3, -0.25) is 9.35 Å². The van der Waals surface area contributed by atoms with Gasteiger partial charge in [-0.2, -0.15) is 13.5 Å². The Kier molecular flexibility index (Phi) is 4.60. The number of hydrogen-bond donors (Lipinski definition) is 3. The number of piperidine rings is 1. The molecule has 0 spiro atoms. The minimum Gasteiger partial charge on any atom is -0.326 e. The van der Waals surface area contributed by atoms with Crippen LogP contribution in [0.1, 0.15) is 18.4 Å². The monoisotopic (exact) mass is 371 g/mol. The largest absolute Gasteiger partial charge is 0.418 e. The van der Waals surface area contributed by atoms with Gasteiger partial charge in [0.2, 0.25) is 5.91 Å². The van der Waals surface area contributed by atoms with Crippen LogP contribution in [-0.4, -0.2) is 58.5 Å². The zero-order valence-electron chi connectivity index (χ0n) is 13.0. The quantitative estimate of drug-likeness (QED) is 0.584. The first-order valence-electron chi connectivity index (χ1n) is 7.51. The number of nitrogens with zero attached hydrogens (tertiary/aromatic N) is 3. The Morgan fingerprint density at radius 3 is 2.92 bits per heavy atom. The SMILES string of the molecule is NCc1ccnc(NC(=O)C2CCC3CN2C(=O)N3OS(=O)(=O)O)c1. The number of hydrogen-bond acceptors (Lipinski definition) is 7. The third-order valence-electron chi connectivity index (χ3n) is 4.11. The predicted molar refractivity (Wildman–Crippen MR) is 84.1 cm³/mol. The summed E-state index contributed by atoms with van der Waals surface area (Å²) in [7, 11) is -4.82. The number of carbonyl (C=O) groups is 2. The highest BCUT2D eigenvalue weighted by Crippen LogP contribution is 2.31. The number of hydroxylamine groups is 2. The van der Waals surface area contributed by atoms with Crippen molar-refractivity contribution in [3.05, 3.63) is 23.9 Å². The summed E-state index contributed by atoms with van der Waals surface area (Å²) in [6, 6.07) is 1.22. The number of nitrogens with one attached hydrogen (secondary N) is 1. The van der Waals surface area contributed by atoms with E-state index >= 15 is 0 Å². The molecule has 2 bridgehead atoms. The molecule has 25 heavy (non-hydrogen) atoms. The second-order valence-electron chi connectivity index (χ2n) is 5.75. The van der Waals surface area contributed by atoms with Crippen LogP contribution >= 0.6 is 0 Å². The number of amides is 3. The van der Waals surface area contributed by atoms with Gasteiger partial charge >= 0.3 is 16.4 Å². The van der Waals surface area contributed by atoms with E-state index in [-0.39, 0.29) is 6.54 Å². The Morgan fingerprint density at radius 1 is 1.48 bits per heavy atom. The first kappa shape index (κ1) is 17.5. The predicted octanol–water partition coefficient (Wildman–Crippen LogP) is -0.518. The number of anilines is 1. The van der Waals surface area contributed by atoms with Crippen molar-refractivity contribution >= 4 is 28.2 Å². The van der Waals surface area contributed by atoms with E-state index in [0.29, 0.717) is 30.3 Å². The van der Waals surface area contributed by atoms with Crippen molar-refractivity contribution in [3.63, 3.8) is 0 Å². The Hall–Kier alpha value is -2.28. The molecular formula is C13H17N5O6S. The summed E-state index contributed by atoms with van der Waals surface area (Å²) in [5.41, 5.74) is 6.33. The Balaban J connectivity index is 1.72. The third kappa shape index (κ3) is 3.71. The average Bonchev–Trinajstić information content (AvgIpc) is 2.78. The maximum atomic E-state index is 12.5. The Morgan fingerprint density at radius 2 is 2.24 bits per heavy atom. The fourth-order valence-electron chi connectivity index (χ4n) is 2.98. The van der Waals surface area contributed by atoms with Gasteiger partial charge in [0.1, 0.15) is 11.9 Å². The van der Waals surface area contributed by atoms with Gasteiger partial charge in [-0.05, 0) is 30.5 Å². The van der Waals surface area contributed by atoms with Crippen molar-refractivity contribution in [2.45, 2.75) is 31.5 Å². The van der Waals surface area contributed by atoms with Crippen LogP contribution in [-0.2, 0) is 26.0 Å². The molecule has 2 aliphatic rings. The first-order valence-corrected chi connectivity index (χ1v) is 8.87. The molecule has 11 nitrogen and oxygen atoms in total. The standard InChI is InChI=1S/C13H17N5O6S/c14-6-8-3-4-15-11(5-8)16-12(19)10-2-1-9-7-17(10)13(20)18(9)24-25(21,22)23/h3-5,9-10H,1-2,6-7,14H2,(H,15,16,19)(H,21,22,23). The lowest BCUT2D eigenvalue weighted by atomic mass is 10.0. The summed E-state index contributed by atoms with van der Waals surface area (Å²) in [4.78, 5) is 30.0. The van der Waals surface area contributed by atoms with Crippen molar-refractivity contribution in [1.29, 1.82) is 0 Å². The lowest BCUT2D eigenvalue weighted by Crippen LogP contribution is -2.47. The summed E-state index contributed by atoms with van der Waals surface area (Å²) < 4.78 is 34.8. The topological polar surface area (TPSA) is 155 Å². The van der Waals surface area contributed by atoms with E-state index in [9.17, 15) is 18.0 Å². The lowest BCUT2D eigenvalue weighted by molar-refractivity contribution is -0.120. The normalized spacial score (nSPS) is 23.0. The summed E-state index contributed by atoms with van der Waals surface area (Å²) in [5, 5.41) is 3.22. The molecule has 0 radical (unpaired) electrons. The number of fused-ring (bicyclic) bond motifs is 2. The molecule has 3 rings (SSSR count). The zero-order chi connectivity index (χ0) is 18.2. The first-order chi connectivity index (χ1) is 11.8. The molecule has 0 saturated carbocycles. The highest BCUT2D eigenvalue weighted by molar-refractivity contribution is 7.80. The fourth-order valence-corrected chi connectivity index (χ4v) is 3.37. The molecule has 2 aliphatic heterocycles. The van der Waals surface area contributed by atoms with E-state index in [4.69, 9.17) is 10.3 Å². The van der Waals surface area contributed by atoms with E-state index in [1.165, 1.54) is 11.1 Å². The number of rotatable bonds is 5. The Bertz CT molecular complexity index is 800. The number of urea groups is 1. The van der Waals surface area contributed by atoms with Crippen LogP contribution in [0.5, 0.6) is 0 Å². The molecular weight excluding hydrogens is 354 g/mol. The molecule has 2 atom stereocenters. The average molecular weight is 371 g/mol. The van der Waals surface area contributed by atoms with E-state index in [1.807, 2.05) is 0 Å². The second kappa shape index (κ2) is 6.55. The molecule has 12 heteroatoms. The van der Waals surface area contributed by atoms with Gasteiger partial charge in [-0.1, -0.05) is 0 Å². The maximum Gasteiger partial charge on any atom is 0.418 e. The van der Waals surface area contributed by atoms with Crippen LogP contribution in [0.3, 0.4) is 0 Å². The van der Waals surface area contributed by atoms with Crippen LogP contribution in [0.4, 0.5) is 10.6 Å². The van der Waals surface area contributed by atoms with Gasteiger partial charge in [0.15, 0.2) is 0 Å². The van der Waals surface area contributed by atoms with Gasteiger partial charge < -0.3 is 16.0 Å². The van der Waals surface area contributed by atoms with Crippen LogP contribution < -0.4 is 11.1 Å². The molecule has 2 unspecified atom stereocenters. The molecule has 2 fully saturated rings. The van der Waals surface area contributed by atoms with Crippen LogP contribution in [0.2, 0.25) is 0 Å². The molecule has 3 amide bonds. The summed E-state index contributed by atoms with van der Waals surface area (Å²) in [6.45, 7) is 0.422. The van der Waals surface area contributed by atoms with Gasteiger partial charge in [0, 0.05) is 19.3 Å². The van der Waals surface area contributed by atoms with Crippen molar-refractivity contribution in [3.8, 4) is 0 Å². The number of carbonyl (C=O) groups excluding carboxylic acids is 2. The van der Waals surface area contributed by atoms with Crippen molar-refractivity contribution in [2.75, 3.05) is 11.9 Å². The van der Waals surface area contributed by atoms with Gasteiger partial charge in [-0.25, -0.2) is 9.78 Å². The third-order valence-corrected chi connectivity index (χ3v) is 4.46. The minimum absolute atomic E-state index is 0.128. The number of nitrogens with two attached hydrogens (primary N) is 1. The summed E-state index contributed by atoms with van der Waals surface area (Å²) >= 11 is 0. The maximum absolute atomic E-state index is 12.5. The van der Waals surface area contributed by atoms with Crippen molar-refractivity contribution in [1.82, 2.24) is 14.9 Å². The van der Waals surface area contributed by atoms with Gasteiger partial charge in [0.25, 0.3) is 0 Å². The minimum atomic E-state index is -4.82. The van der Waals surface area contributed by atoms with Crippen LogP contribution in [0.25, 0.3) is 0 Å². The number of pyridine rings is 1. The van der Waals surface area contributed by atoms with E-state index < -0.39 is 34.4 Å². The molecule has 3 heterocycles. The van der Waals surface area contributed by atoms with Crippen LogP contribution in [0, 0.1) is 0 Å². The second-order valence-corrected chi connectivity index (χ2v) is 6.76. The van der Waals surface area contributed by atoms with Crippen LogP contribution in [0.15, 0.2) is 18.3 Å². The molecule has 1 aromatic rings. The molecule has 4 N–H and O–H groups in total. The highest BCUT2D eigenvalue weighted by Gasteiger charge is 2.49. The fraction of sp³-hybridized carbons (Fsp3) is 0.462. The highest BCUT2D eigenvalue weighted by atomic mass is 32.3. The van der Waals surface area contributed by atoms with Gasteiger partial charge in [0.05, 0.1) is 6.04 Å². The molecule has 2 saturated heterocycles. The van der Waals surface area contributed by atoms with Gasteiger partial charge in [-0.15, -0.1) is 4.28 Å². The van der Waals surface area contributed by atoms with Crippen molar-refractivity contribution in [2.24, 2.45) is 5.73 Å². The zero-order valence-corrected chi connectivity index (χ0v) is 13.8. The molecule has 1 aromatic heterocycles. The van der Waals surface area contributed by atoms with E-state index in [2.05, 4.69) is 14.6 Å². The Labute approximate surface area is 143 Å². The molecule has 136 valence electrons. The summed E-state index contributed by atoms with van der Waals surface area (Å²) in [5.74, 6) is -0.130. The van der Waals surface area contributed by atoms with E-state index in [0.717, 1.165) is 5.56 Å². The molecule has 0 aromatic carbocycles. The number of aromatic nitrogens is 1. The lowest BCUT2D eigenvalue weighted by Gasteiger charge is -2.29. The molecule has 0 aliphatic carbocycles. The van der Waals surface area contributed by atoms with Crippen molar-refractivity contribution < 1.29 is 26.8 Å². The smallest absolute Gasteiger partial charge is 0.326 e.